The van der Waals surface area contributed by atoms with Gasteiger partial charge in [0.1, 0.15) is 0 Å². The third-order valence-electron chi connectivity index (χ3n) is 2.90. The molecule has 0 aliphatic heterocycles. The van der Waals surface area contributed by atoms with Gasteiger partial charge >= 0.3 is 0 Å². The molecule has 4 heteroatoms. The number of rotatable bonds is 8. The SMILES string of the molecule is Cc1ccc(SCCC(=O)NCC(O)CC(C)C)cc1. The molecule has 0 spiro atoms. The third kappa shape index (κ3) is 7.56. The summed E-state index contributed by atoms with van der Waals surface area (Å²) in [6.07, 6.45) is 0.759. The van der Waals surface area contributed by atoms with Crippen LogP contribution in [0.25, 0.3) is 0 Å². The van der Waals surface area contributed by atoms with E-state index >= 15 is 0 Å². The fraction of sp³-hybridized carbons (Fsp3) is 0.562. The summed E-state index contributed by atoms with van der Waals surface area (Å²) in [5, 5.41) is 12.5. The number of thioether (sulfide) groups is 1. The Kier molecular flexibility index (Phi) is 7.70. The van der Waals surface area contributed by atoms with E-state index in [0.717, 1.165) is 12.2 Å². The molecule has 1 amide bonds. The van der Waals surface area contributed by atoms with Crippen LogP contribution in [-0.4, -0.2) is 29.4 Å². The summed E-state index contributed by atoms with van der Waals surface area (Å²) in [5.41, 5.74) is 1.24. The Labute approximate surface area is 126 Å². The smallest absolute Gasteiger partial charge is 0.220 e. The van der Waals surface area contributed by atoms with Gasteiger partial charge in [0, 0.05) is 23.6 Å². The van der Waals surface area contributed by atoms with Crippen LogP contribution in [0.5, 0.6) is 0 Å². The second kappa shape index (κ2) is 9.03. The van der Waals surface area contributed by atoms with Crippen LogP contribution >= 0.6 is 11.8 Å². The van der Waals surface area contributed by atoms with Crippen LogP contribution in [-0.2, 0) is 4.79 Å². The molecule has 0 fully saturated rings. The Hall–Kier alpha value is -1.00. The lowest BCUT2D eigenvalue weighted by Crippen LogP contribution is -2.32. The summed E-state index contributed by atoms with van der Waals surface area (Å²) in [6.45, 7) is 6.53. The number of aryl methyl sites for hydroxylation is 1. The Morgan fingerprint density at radius 3 is 2.55 bits per heavy atom. The highest BCUT2D eigenvalue weighted by atomic mass is 32.2. The number of aliphatic hydroxyl groups excluding tert-OH is 1. The van der Waals surface area contributed by atoms with Crippen molar-refractivity contribution in [3.8, 4) is 0 Å². The van der Waals surface area contributed by atoms with E-state index in [1.165, 1.54) is 10.5 Å². The molecule has 0 radical (unpaired) electrons. The maximum absolute atomic E-state index is 11.6. The largest absolute Gasteiger partial charge is 0.391 e. The monoisotopic (exact) mass is 295 g/mol. The van der Waals surface area contributed by atoms with Gasteiger partial charge in [-0.15, -0.1) is 11.8 Å². The number of benzene rings is 1. The Bertz CT molecular complexity index is 403. The van der Waals surface area contributed by atoms with Crippen LogP contribution in [0.1, 0.15) is 32.3 Å². The minimum Gasteiger partial charge on any atom is -0.391 e. The standard InChI is InChI=1S/C16H25NO2S/c1-12(2)10-14(18)11-17-16(19)8-9-20-15-6-4-13(3)5-7-15/h4-7,12,14,18H,8-11H2,1-3H3,(H,17,19). The fourth-order valence-electron chi connectivity index (χ4n) is 1.84. The molecule has 0 aromatic heterocycles. The molecule has 0 saturated carbocycles. The van der Waals surface area contributed by atoms with E-state index in [9.17, 15) is 9.90 Å². The average Bonchev–Trinajstić information content (AvgIpc) is 2.38. The first-order chi connectivity index (χ1) is 9.47. The lowest BCUT2D eigenvalue weighted by Gasteiger charge is -2.13. The van der Waals surface area contributed by atoms with Crippen molar-refractivity contribution < 1.29 is 9.90 Å². The maximum Gasteiger partial charge on any atom is 0.220 e. The highest BCUT2D eigenvalue weighted by Crippen LogP contribution is 2.18. The predicted octanol–water partition coefficient (Wildman–Crippen LogP) is 3.00. The van der Waals surface area contributed by atoms with E-state index in [0.29, 0.717) is 18.9 Å². The van der Waals surface area contributed by atoms with E-state index < -0.39 is 6.10 Å². The van der Waals surface area contributed by atoms with Crippen molar-refractivity contribution in [2.45, 2.75) is 44.6 Å². The molecular formula is C16H25NO2S. The van der Waals surface area contributed by atoms with Crippen LogP contribution in [0.3, 0.4) is 0 Å². The lowest BCUT2D eigenvalue weighted by molar-refractivity contribution is -0.121. The van der Waals surface area contributed by atoms with Crippen molar-refractivity contribution in [2.75, 3.05) is 12.3 Å². The van der Waals surface area contributed by atoms with Crippen molar-refractivity contribution in [2.24, 2.45) is 5.92 Å². The van der Waals surface area contributed by atoms with Gasteiger partial charge in [0.25, 0.3) is 0 Å². The van der Waals surface area contributed by atoms with Crippen molar-refractivity contribution in [3.63, 3.8) is 0 Å². The first kappa shape index (κ1) is 17.1. The Morgan fingerprint density at radius 1 is 1.30 bits per heavy atom. The van der Waals surface area contributed by atoms with Crippen LogP contribution in [0.4, 0.5) is 0 Å². The molecule has 1 aromatic rings. The number of hydrogen-bond donors (Lipinski definition) is 2. The molecule has 1 atom stereocenters. The van der Waals surface area contributed by atoms with Gasteiger partial charge in [-0.05, 0) is 31.4 Å². The van der Waals surface area contributed by atoms with Crippen molar-refractivity contribution in [1.82, 2.24) is 5.32 Å². The van der Waals surface area contributed by atoms with Crippen molar-refractivity contribution >= 4 is 17.7 Å². The zero-order chi connectivity index (χ0) is 15.0. The number of nitrogens with one attached hydrogen (secondary N) is 1. The summed E-state index contributed by atoms with van der Waals surface area (Å²) >= 11 is 1.68. The topological polar surface area (TPSA) is 49.3 Å². The van der Waals surface area contributed by atoms with Gasteiger partial charge in [-0.3, -0.25) is 4.79 Å². The highest BCUT2D eigenvalue weighted by Gasteiger charge is 2.09. The molecule has 20 heavy (non-hydrogen) atoms. The summed E-state index contributed by atoms with van der Waals surface area (Å²) in [4.78, 5) is 12.8. The number of aliphatic hydroxyl groups is 1. The maximum atomic E-state index is 11.6. The molecule has 112 valence electrons. The van der Waals surface area contributed by atoms with Crippen LogP contribution in [0.2, 0.25) is 0 Å². The zero-order valence-electron chi connectivity index (χ0n) is 12.6. The first-order valence-corrected chi connectivity index (χ1v) is 8.10. The van der Waals surface area contributed by atoms with Crippen LogP contribution in [0, 0.1) is 12.8 Å². The van der Waals surface area contributed by atoms with Gasteiger partial charge < -0.3 is 10.4 Å². The molecular weight excluding hydrogens is 270 g/mol. The van der Waals surface area contributed by atoms with E-state index in [2.05, 4.69) is 50.4 Å². The molecule has 0 saturated heterocycles. The quantitative estimate of drug-likeness (QED) is 0.725. The minimum absolute atomic E-state index is 0.00687. The van der Waals surface area contributed by atoms with E-state index in [1.807, 2.05) is 0 Å². The molecule has 0 heterocycles. The first-order valence-electron chi connectivity index (χ1n) is 7.11. The Morgan fingerprint density at radius 2 is 1.95 bits per heavy atom. The number of carbonyl (C=O) groups excluding carboxylic acids is 1. The normalized spacial score (nSPS) is 12.4. The summed E-state index contributed by atoms with van der Waals surface area (Å²) < 4.78 is 0. The summed E-state index contributed by atoms with van der Waals surface area (Å²) in [7, 11) is 0. The zero-order valence-corrected chi connectivity index (χ0v) is 13.4. The van der Waals surface area contributed by atoms with Gasteiger partial charge in [0.05, 0.1) is 6.10 Å². The highest BCUT2D eigenvalue weighted by molar-refractivity contribution is 7.99. The van der Waals surface area contributed by atoms with E-state index in [-0.39, 0.29) is 5.91 Å². The number of amides is 1. The second-order valence-electron chi connectivity index (χ2n) is 5.50. The molecule has 3 nitrogen and oxygen atoms in total. The van der Waals surface area contributed by atoms with Gasteiger partial charge in [0.2, 0.25) is 5.91 Å². The van der Waals surface area contributed by atoms with Crippen molar-refractivity contribution in [1.29, 1.82) is 0 Å². The van der Waals surface area contributed by atoms with Crippen LogP contribution < -0.4 is 5.32 Å². The van der Waals surface area contributed by atoms with Gasteiger partial charge in [-0.25, -0.2) is 0 Å². The molecule has 1 rings (SSSR count). The van der Waals surface area contributed by atoms with Gasteiger partial charge in [-0.1, -0.05) is 31.5 Å². The third-order valence-corrected chi connectivity index (χ3v) is 3.91. The molecule has 2 N–H and O–H groups in total. The Balaban J connectivity index is 2.15. The number of hydrogen-bond acceptors (Lipinski definition) is 3. The minimum atomic E-state index is -0.441. The van der Waals surface area contributed by atoms with E-state index in [1.54, 1.807) is 11.8 Å². The lowest BCUT2D eigenvalue weighted by atomic mass is 10.1. The predicted molar refractivity (Wildman–Crippen MR) is 85.0 cm³/mol. The molecule has 0 bridgehead atoms. The van der Waals surface area contributed by atoms with Crippen LogP contribution in [0.15, 0.2) is 29.2 Å². The molecule has 1 unspecified atom stereocenters. The second-order valence-corrected chi connectivity index (χ2v) is 6.67. The van der Waals surface area contributed by atoms with Gasteiger partial charge in [0.15, 0.2) is 0 Å². The average molecular weight is 295 g/mol. The summed E-state index contributed by atoms with van der Waals surface area (Å²) in [5.74, 6) is 1.21. The van der Waals surface area contributed by atoms with Crippen molar-refractivity contribution in [3.05, 3.63) is 29.8 Å². The summed E-state index contributed by atoms with van der Waals surface area (Å²) in [6, 6.07) is 8.30. The fourth-order valence-corrected chi connectivity index (χ4v) is 2.70. The van der Waals surface area contributed by atoms with Gasteiger partial charge in [-0.2, -0.15) is 0 Å². The number of carbonyl (C=O) groups is 1. The molecule has 0 aliphatic carbocycles. The molecule has 0 aliphatic rings. The molecule has 1 aromatic carbocycles. The van der Waals surface area contributed by atoms with E-state index in [4.69, 9.17) is 0 Å².